The highest BCUT2D eigenvalue weighted by molar-refractivity contribution is 6.30. The van der Waals surface area contributed by atoms with Crippen LogP contribution in [-0.2, 0) is 6.54 Å². The van der Waals surface area contributed by atoms with Gasteiger partial charge in [-0.2, -0.15) is 0 Å². The number of β-amino-alcohol motifs (C(OH)–C–C–N with tert-alkyl or cyclic N) is 1. The van der Waals surface area contributed by atoms with Gasteiger partial charge in [-0.3, -0.25) is 4.90 Å². The van der Waals surface area contributed by atoms with Crippen LogP contribution >= 0.6 is 11.6 Å². The Morgan fingerprint density at radius 3 is 2.73 bits per heavy atom. The van der Waals surface area contributed by atoms with Crippen LogP contribution in [0.2, 0.25) is 5.02 Å². The first kappa shape index (κ1) is 19.3. The molecule has 0 aliphatic carbocycles. The Labute approximate surface area is 181 Å². The van der Waals surface area contributed by atoms with Crippen LogP contribution in [0.1, 0.15) is 18.4 Å². The summed E-state index contributed by atoms with van der Waals surface area (Å²) < 4.78 is 0. The number of hydrogen-bond donors (Lipinski definition) is 2. The van der Waals surface area contributed by atoms with Crippen LogP contribution in [0.4, 0.5) is 0 Å². The van der Waals surface area contributed by atoms with Crippen molar-refractivity contribution in [3.05, 3.63) is 77.6 Å². The molecule has 5 rings (SSSR count). The van der Waals surface area contributed by atoms with Crippen LogP contribution < -0.4 is 0 Å². The molecule has 1 saturated heterocycles. The molecule has 3 heterocycles. The lowest BCUT2D eigenvalue weighted by molar-refractivity contribution is 0.0668. The number of halogens is 1. The molecule has 1 aliphatic heterocycles. The molecule has 2 N–H and O–H groups in total. The van der Waals surface area contributed by atoms with E-state index in [-0.39, 0.29) is 6.10 Å². The fourth-order valence-corrected chi connectivity index (χ4v) is 4.48. The standard InChI is InChI=1S/C25H24ClN3O/c26-21-4-1-3-19(11-21)24-14-28-25-23(24)12-20(13-27-25)18-8-6-17(7-9-18)15-29-10-2-5-22(30)16-29/h1,3-4,6-9,11-14,22,30H,2,5,10,15-16H2,(H,27,28). The summed E-state index contributed by atoms with van der Waals surface area (Å²) in [5, 5.41) is 11.7. The maximum absolute atomic E-state index is 9.88. The van der Waals surface area contributed by atoms with Gasteiger partial charge in [0.15, 0.2) is 0 Å². The number of benzene rings is 2. The molecule has 0 amide bonds. The second-order valence-electron chi connectivity index (χ2n) is 8.06. The molecule has 4 nitrogen and oxygen atoms in total. The maximum atomic E-state index is 9.88. The Morgan fingerprint density at radius 2 is 1.93 bits per heavy atom. The van der Waals surface area contributed by atoms with Gasteiger partial charge < -0.3 is 10.1 Å². The Hall–Kier alpha value is -2.66. The summed E-state index contributed by atoms with van der Waals surface area (Å²) in [6.45, 7) is 2.70. The summed E-state index contributed by atoms with van der Waals surface area (Å²) in [6, 6.07) is 18.7. The van der Waals surface area contributed by atoms with Crippen molar-refractivity contribution in [3.63, 3.8) is 0 Å². The van der Waals surface area contributed by atoms with Gasteiger partial charge in [-0.05, 0) is 54.3 Å². The average molecular weight is 418 g/mol. The number of aliphatic hydroxyl groups excluding tert-OH is 1. The first-order valence-electron chi connectivity index (χ1n) is 10.4. The normalized spacial score (nSPS) is 17.5. The van der Waals surface area contributed by atoms with Crippen molar-refractivity contribution in [2.45, 2.75) is 25.5 Å². The predicted molar refractivity (Wildman–Crippen MR) is 122 cm³/mol. The first-order valence-corrected chi connectivity index (χ1v) is 10.8. The summed E-state index contributed by atoms with van der Waals surface area (Å²) in [6.07, 6.45) is 5.70. The number of fused-ring (bicyclic) bond motifs is 1. The fourth-order valence-electron chi connectivity index (χ4n) is 4.29. The highest BCUT2D eigenvalue weighted by atomic mass is 35.5. The Kier molecular flexibility index (Phi) is 5.30. The topological polar surface area (TPSA) is 52.1 Å². The van der Waals surface area contributed by atoms with Crippen molar-refractivity contribution in [1.29, 1.82) is 0 Å². The van der Waals surface area contributed by atoms with Gasteiger partial charge in [0, 0.05) is 47.0 Å². The van der Waals surface area contributed by atoms with Gasteiger partial charge in [0.05, 0.1) is 6.10 Å². The highest BCUT2D eigenvalue weighted by Gasteiger charge is 2.17. The third-order valence-corrected chi connectivity index (χ3v) is 6.08. The van der Waals surface area contributed by atoms with Crippen molar-refractivity contribution < 1.29 is 5.11 Å². The number of nitrogens with zero attached hydrogens (tertiary/aromatic N) is 2. The van der Waals surface area contributed by atoms with Gasteiger partial charge in [-0.1, -0.05) is 48.0 Å². The van der Waals surface area contributed by atoms with Gasteiger partial charge in [-0.15, -0.1) is 0 Å². The third kappa shape index (κ3) is 3.99. The van der Waals surface area contributed by atoms with Crippen molar-refractivity contribution in [2.24, 2.45) is 0 Å². The molecule has 1 aliphatic rings. The van der Waals surface area contributed by atoms with Gasteiger partial charge in [0.25, 0.3) is 0 Å². The van der Waals surface area contributed by atoms with E-state index in [0.717, 1.165) is 70.8 Å². The van der Waals surface area contributed by atoms with E-state index < -0.39 is 0 Å². The molecule has 2 aromatic carbocycles. The number of H-pyrrole nitrogens is 1. The van der Waals surface area contributed by atoms with Crippen molar-refractivity contribution in [2.75, 3.05) is 13.1 Å². The summed E-state index contributed by atoms with van der Waals surface area (Å²) in [5.74, 6) is 0. The van der Waals surface area contributed by atoms with Crippen molar-refractivity contribution >= 4 is 22.6 Å². The maximum Gasteiger partial charge on any atom is 0.137 e. The second-order valence-corrected chi connectivity index (χ2v) is 8.50. The molecular formula is C25H24ClN3O. The van der Waals surface area contributed by atoms with Crippen LogP contribution in [-0.4, -0.2) is 39.2 Å². The van der Waals surface area contributed by atoms with E-state index in [9.17, 15) is 5.11 Å². The van der Waals surface area contributed by atoms with E-state index in [1.54, 1.807) is 0 Å². The summed E-state index contributed by atoms with van der Waals surface area (Å²) in [5.41, 5.74) is 6.54. The van der Waals surface area contributed by atoms with Crippen LogP contribution in [0.15, 0.2) is 67.0 Å². The number of piperidine rings is 1. The van der Waals surface area contributed by atoms with Crippen molar-refractivity contribution in [1.82, 2.24) is 14.9 Å². The van der Waals surface area contributed by atoms with Gasteiger partial charge in [-0.25, -0.2) is 4.98 Å². The molecular weight excluding hydrogens is 394 g/mol. The zero-order valence-electron chi connectivity index (χ0n) is 16.7. The van der Waals surface area contributed by atoms with Crippen LogP contribution in [0.3, 0.4) is 0 Å². The number of likely N-dealkylation sites (tertiary alicyclic amines) is 1. The lowest BCUT2D eigenvalue weighted by atomic mass is 10.0. The summed E-state index contributed by atoms with van der Waals surface area (Å²) >= 11 is 6.19. The molecule has 1 fully saturated rings. The van der Waals surface area contributed by atoms with Gasteiger partial charge >= 0.3 is 0 Å². The minimum absolute atomic E-state index is 0.189. The predicted octanol–water partition coefficient (Wildman–Crippen LogP) is 5.51. The molecule has 5 heteroatoms. The SMILES string of the molecule is OC1CCCN(Cc2ccc(-c3cnc4[nH]cc(-c5cccc(Cl)c5)c4c3)cc2)C1. The molecule has 2 aromatic heterocycles. The minimum atomic E-state index is -0.189. The first-order chi connectivity index (χ1) is 14.7. The zero-order valence-corrected chi connectivity index (χ0v) is 17.4. The smallest absolute Gasteiger partial charge is 0.137 e. The number of pyridine rings is 1. The van der Waals surface area contributed by atoms with Gasteiger partial charge in [0.2, 0.25) is 0 Å². The largest absolute Gasteiger partial charge is 0.392 e. The molecule has 4 aromatic rings. The number of hydrogen-bond acceptors (Lipinski definition) is 3. The number of aliphatic hydroxyl groups is 1. The number of rotatable bonds is 4. The molecule has 0 bridgehead atoms. The molecule has 0 spiro atoms. The molecule has 0 saturated carbocycles. The quantitative estimate of drug-likeness (QED) is 0.460. The van der Waals surface area contributed by atoms with E-state index in [1.807, 2.05) is 30.6 Å². The average Bonchev–Trinajstić information content (AvgIpc) is 3.18. The van der Waals surface area contributed by atoms with E-state index in [2.05, 4.69) is 51.3 Å². The van der Waals surface area contributed by atoms with E-state index in [4.69, 9.17) is 11.6 Å². The lowest BCUT2D eigenvalue weighted by Crippen LogP contribution is -2.37. The molecule has 0 radical (unpaired) electrons. The Bertz CT molecular complexity index is 1170. The van der Waals surface area contributed by atoms with E-state index in [1.165, 1.54) is 5.56 Å². The van der Waals surface area contributed by atoms with Crippen LogP contribution in [0, 0.1) is 0 Å². The molecule has 30 heavy (non-hydrogen) atoms. The molecule has 1 atom stereocenters. The third-order valence-electron chi connectivity index (χ3n) is 5.84. The monoisotopic (exact) mass is 417 g/mol. The van der Waals surface area contributed by atoms with Crippen LogP contribution in [0.25, 0.3) is 33.3 Å². The molecule has 1 unspecified atom stereocenters. The number of nitrogens with one attached hydrogen (secondary N) is 1. The van der Waals surface area contributed by atoms with Crippen LogP contribution in [0.5, 0.6) is 0 Å². The van der Waals surface area contributed by atoms with Crippen molar-refractivity contribution in [3.8, 4) is 22.3 Å². The minimum Gasteiger partial charge on any atom is -0.392 e. The second kappa shape index (κ2) is 8.23. The van der Waals surface area contributed by atoms with Gasteiger partial charge in [0.1, 0.15) is 5.65 Å². The molecule has 152 valence electrons. The Balaban J connectivity index is 1.41. The fraction of sp³-hybridized carbons (Fsp3) is 0.240. The summed E-state index contributed by atoms with van der Waals surface area (Å²) in [4.78, 5) is 10.2. The number of aromatic nitrogens is 2. The van der Waals surface area contributed by atoms with E-state index in [0.29, 0.717) is 0 Å². The number of aromatic amines is 1. The van der Waals surface area contributed by atoms with E-state index >= 15 is 0 Å². The zero-order chi connectivity index (χ0) is 20.5. The Morgan fingerprint density at radius 1 is 1.07 bits per heavy atom. The lowest BCUT2D eigenvalue weighted by Gasteiger charge is -2.29. The summed E-state index contributed by atoms with van der Waals surface area (Å²) in [7, 11) is 0. The highest BCUT2D eigenvalue weighted by Crippen LogP contribution is 2.32.